The van der Waals surface area contributed by atoms with Gasteiger partial charge in [0, 0.05) is 13.1 Å². The van der Waals surface area contributed by atoms with Crippen molar-refractivity contribution >= 4 is 15.5 Å². The Balaban J connectivity index is 3.22. The van der Waals surface area contributed by atoms with E-state index in [0.29, 0.717) is 17.1 Å². The molecule has 102 valence electrons. The van der Waals surface area contributed by atoms with Crippen LogP contribution in [-0.4, -0.2) is 39.0 Å². The van der Waals surface area contributed by atoms with Gasteiger partial charge in [-0.15, -0.1) is 0 Å². The van der Waals surface area contributed by atoms with Crippen LogP contribution in [0.5, 0.6) is 0 Å². The first-order valence-corrected chi connectivity index (χ1v) is 7.89. The molecule has 5 heteroatoms. The van der Waals surface area contributed by atoms with E-state index in [0.717, 1.165) is 13.0 Å². The maximum absolute atomic E-state index is 12.0. The zero-order valence-corrected chi connectivity index (χ0v) is 11.8. The first kappa shape index (κ1) is 15.0. The fourth-order valence-electron chi connectivity index (χ4n) is 1.88. The molecule has 18 heavy (non-hydrogen) atoms. The highest BCUT2D eigenvalue weighted by Gasteiger charge is 2.19. The van der Waals surface area contributed by atoms with Crippen molar-refractivity contribution in [2.24, 2.45) is 0 Å². The van der Waals surface area contributed by atoms with Crippen molar-refractivity contribution in [2.75, 3.05) is 30.3 Å². The molecule has 0 spiro atoms. The number of benzene rings is 1. The van der Waals surface area contributed by atoms with Crippen molar-refractivity contribution in [3.8, 4) is 0 Å². The maximum Gasteiger partial charge on any atom is 0.180 e. The van der Waals surface area contributed by atoms with Gasteiger partial charge >= 0.3 is 0 Å². The molecule has 0 heterocycles. The van der Waals surface area contributed by atoms with Crippen LogP contribution in [0.25, 0.3) is 0 Å². The summed E-state index contributed by atoms with van der Waals surface area (Å²) in [6.07, 6.45) is 0.903. The van der Waals surface area contributed by atoms with E-state index in [1.807, 2.05) is 17.9 Å². The highest BCUT2D eigenvalue weighted by Crippen LogP contribution is 2.25. The standard InChI is InChI=1S/C13H21NO3S/c1-3-9-14(10-11-15)12-7-5-6-8-13(12)18(16,17)4-2/h5-8,15H,3-4,9-11H2,1-2H3. The average Bonchev–Trinajstić information content (AvgIpc) is 2.38. The van der Waals surface area contributed by atoms with Gasteiger partial charge in [-0.05, 0) is 18.6 Å². The maximum atomic E-state index is 12.0. The molecule has 0 saturated carbocycles. The van der Waals surface area contributed by atoms with Gasteiger partial charge in [0.1, 0.15) is 0 Å². The summed E-state index contributed by atoms with van der Waals surface area (Å²) in [5.74, 6) is 0.0864. The van der Waals surface area contributed by atoms with Crippen molar-refractivity contribution in [1.82, 2.24) is 0 Å². The summed E-state index contributed by atoms with van der Waals surface area (Å²) in [6.45, 7) is 4.87. The molecule has 0 saturated heterocycles. The molecule has 0 unspecified atom stereocenters. The molecule has 1 aromatic rings. The van der Waals surface area contributed by atoms with E-state index in [2.05, 4.69) is 0 Å². The van der Waals surface area contributed by atoms with Crippen LogP contribution < -0.4 is 4.90 Å². The fraction of sp³-hybridized carbons (Fsp3) is 0.538. The zero-order chi connectivity index (χ0) is 13.6. The predicted molar refractivity (Wildman–Crippen MR) is 73.8 cm³/mol. The number of aliphatic hydroxyl groups is 1. The lowest BCUT2D eigenvalue weighted by Gasteiger charge is -2.25. The van der Waals surface area contributed by atoms with Crippen LogP contribution in [0.4, 0.5) is 5.69 Å². The Bertz CT molecular complexity index is 465. The highest BCUT2D eigenvalue weighted by molar-refractivity contribution is 7.91. The second-order valence-corrected chi connectivity index (χ2v) is 6.33. The molecular weight excluding hydrogens is 250 g/mol. The Labute approximate surface area is 109 Å². The molecule has 0 aliphatic carbocycles. The van der Waals surface area contributed by atoms with Gasteiger partial charge in [0.05, 0.1) is 22.9 Å². The summed E-state index contributed by atoms with van der Waals surface area (Å²) in [7, 11) is -3.23. The minimum Gasteiger partial charge on any atom is -0.395 e. The minimum absolute atomic E-state index is 0.0144. The molecular formula is C13H21NO3S. The van der Waals surface area contributed by atoms with Crippen LogP contribution >= 0.6 is 0 Å². The van der Waals surface area contributed by atoms with Crippen LogP contribution in [0.1, 0.15) is 20.3 Å². The van der Waals surface area contributed by atoms with Gasteiger partial charge in [0.25, 0.3) is 0 Å². The smallest absolute Gasteiger partial charge is 0.180 e. The molecule has 1 N–H and O–H groups in total. The fourth-order valence-corrected chi connectivity index (χ4v) is 2.99. The van der Waals surface area contributed by atoms with Crippen molar-refractivity contribution < 1.29 is 13.5 Å². The Morgan fingerprint density at radius 2 is 1.83 bits per heavy atom. The minimum atomic E-state index is -3.23. The van der Waals surface area contributed by atoms with Gasteiger partial charge in [-0.1, -0.05) is 26.0 Å². The number of hydrogen-bond donors (Lipinski definition) is 1. The van der Waals surface area contributed by atoms with Crippen molar-refractivity contribution in [3.63, 3.8) is 0 Å². The Morgan fingerprint density at radius 1 is 1.17 bits per heavy atom. The van der Waals surface area contributed by atoms with Crippen molar-refractivity contribution in [3.05, 3.63) is 24.3 Å². The second-order valence-electron chi connectivity index (χ2n) is 4.08. The van der Waals surface area contributed by atoms with E-state index in [4.69, 9.17) is 5.11 Å². The van der Waals surface area contributed by atoms with Crippen LogP contribution in [0.2, 0.25) is 0 Å². The van der Waals surface area contributed by atoms with Crippen LogP contribution in [0.15, 0.2) is 29.2 Å². The lowest BCUT2D eigenvalue weighted by molar-refractivity contribution is 0.301. The summed E-state index contributed by atoms with van der Waals surface area (Å²) < 4.78 is 24.1. The summed E-state index contributed by atoms with van der Waals surface area (Å²) in [5.41, 5.74) is 0.690. The van der Waals surface area contributed by atoms with E-state index in [-0.39, 0.29) is 12.4 Å². The normalized spacial score (nSPS) is 11.5. The SMILES string of the molecule is CCCN(CCO)c1ccccc1S(=O)(=O)CC. The van der Waals surface area contributed by atoms with Crippen LogP contribution in [0, 0.1) is 0 Å². The third-order valence-corrected chi connectivity index (χ3v) is 4.56. The third kappa shape index (κ3) is 3.46. The van der Waals surface area contributed by atoms with Gasteiger partial charge in [0.2, 0.25) is 0 Å². The van der Waals surface area contributed by atoms with Gasteiger partial charge in [0.15, 0.2) is 9.84 Å². The first-order valence-electron chi connectivity index (χ1n) is 6.24. The monoisotopic (exact) mass is 271 g/mol. The lowest BCUT2D eigenvalue weighted by Crippen LogP contribution is -2.29. The molecule has 0 radical (unpaired) electrons. The average molecular weight is 271 g/mol. The number of rotatable bonds is 7. The summed E-state index contributed by atoms with van der Waals surface area (Å²) in [6, 6.07) is 6.99. The quantitative estimate of drug-likeness (QED) is 0.820. The van der Waals surface area contributed by atoms with Crippen molar-refractivity contribution in [1.29, 1.82) is 0 Å². The third-order valence-electron chi connectivity index (χ3n) is 2.78. The summed E-state index contributed by atoms with van der Waals surface area (Å²) in [4.78, 5) is 2.28. The number of para-hydroxylation sites is 1. The van der Waals surface area contributed by atoms with Gasteiger partial charge in [-0.25, -0.2) is 8.42 Å². The topological polar surface area (TPSA) is 57.6 Å². The Morgan fingerprint density at radius 3 is 2.39 bits per heavy atom. The Kier molecular flexibility index (Phi) is 5.62. The number of anilines is 1. The van der Waals surface area contributed by atoms with E-state index in [1.54, 1.807) is 25.1 Å². The Hall–Kier alpha value is -1.07. The summed E-state index contributed by atoms with van der Waals surface area (Å²) in [5, 5.41) is 9.08. The molecule has 0 aliphatic rings. The largest absolute Gasteiger partial charge is 0.395 e. The van der Waals surface area contributed by atoms with Gasteiger partial charge in [-0.2, -0.15) is 0 Å². The predicted octanol–water partition coefficient (Wildman–Crippen LogP) is 1.69. The van der Waals surface area contributed by atoms with E-state index in [9.17, 15) is 8.42 Å². The highest BCUT2D eigenvalue weighted by atomic mass is 32.2. The number of nitrogens with zero attached hydrogens (tertiary/aromatic N) is 1. The molecule has 0 aliphatic heterocycles. The van der Waals surface area contributed by atoms with Gasteiger partial charge in [-0.3, -0.25) is 0 Å². The molecule has 0 aromatic heterocycles. The molecule has 0 fully saturated rings. The van der Waals surface area contributed by atoms with Gasteiger partial charge < -0.3 is 10.0 Å². The lowest BCUT2D eigenvalue weighted by atomic mass is 10.2. The molecule has 1 aromatic carbocycles. The van der Waals surface area contributed by atoms with E-state index < -0.39 is 9.84 Å². The number of sulfone groups is 1. The first-order chi connectivity index (χ1) is 8.56. The number of hydrogen-bond acceptors (Lipinski definition) is 4. The molecule has 0 bridgehead atoms. The van der Waals surface area contributed by atoms with Crippen molar-refractivity contribution in [2.45, 2.75) is 25.2 Å². The summed E-state index contributed by atoms with van der Waals surface area (Å²) >= 11 is 0. The molecule has 0 amide bonds. The molecule has 4 nitrogen and oxygen atoms in total. The second kappa shape index (κ2) is 6.75. The van der Waals surface area contributed by atoms with E-state index in [1.165, 1.54) is 0 Å². The van der Waals surface area contributed by atoms with E-state index >= 15 is 0 Å². The van der Waals surface area contributed by atoms with Crippen LogP contribution in [-0.2, 0) is 9.84 Å². The zero-order valence-electron chi connectivity index (χ0n) is 11.0. The van der Waals surface area contributed by atoms with Crippen LogP contribution in [0.3, 0.4) is 0 Å². The molecule has 1 rings (SSSR count). The molecule has 0 atom stereocenters. The number of aliphatic hydroxyl groups excluding tert-OH is 1.